The Kier molecular flexibility index (Phi) is 3.20. The van der Waals surface area contributed by atoms with Gasteiger partial charge in [-0.3, -0.25) is 0 Å². The van der Waals surface area contributed by atoms with Crippen LogP contribution >= 0.6 is 11.6 Å². The third kappa shape index (κ3) is 1.91. The Bertz CT molecular complexity index is 390. The molecule has 0 radical (unpaired) electrons. The number of hydrogen-bond acceptors (Lipinski definition) is 3. The fourth-order valence-electron chi connectivity index (χ4n) is 0.961. The molecule has 0 spiro atoms. The van der Waals surface area contributed by atoms with Crippen molar-refractivity contribution >= 4 is 11.6 Å². The van der Waals surface area contributed by atoms with Gasteiger partial charge in [-0.1, -0.05) is 11.6 Å². The van der Waals surface area contributed by atoms with Gasteiger partial charge in [0.2, 0.25) is 5.88 Å². The first-order valence-corrected chi connectivity index (χ1v) is 3.90. The van der Waals surface area contributed by atoms with Crippen LogP contribution in [-0.4, -0.2) is 12.1 Å². The summed E-state index contributed by atoms with van der Waals surface area (Å²) in [5, 5.41) is 8.53. The lowest BCUT2D eigenvalue weighted by Gasteiger charge is -2.08. The van der Waals surface area contributed by atoms with Gasteiger partial charge in [-0.15, -0.1) is 0 Å². The van der Waals surface area contributed by atoms with E-state index >= 15 is 0 Å². The molecule has 1 heterocycles. The van der Waals surface area contributed by atoms with E-state index in [9.17, 15) is 8.78 Å². The highest BCUT2D eigenvalue weighted by atomic mass is 35.5. The zero-order valence-corrected chi connectivity index (χ0v) is 7.85. The van der Waals surface area contributed by atoms with Crippen LogP contribution in [0.15, 0.2) is 6.07 Å². The Hall–Kier alpha value is -1.41. The number of nitrogens with zero attached hydrogens (tertiary/aromatic N) is 2. The second kappa shape index (κ2) is 4.20. The van der Waals surface area contributed by atoms with Gasteiger partial charge in [-0.05, 0) is 6.07 Å². The first-order chi connectivity index (χ1) is 6.60. The minimum Gasteiger partial charge on any atom is -0.481 e. The number of rotatable bonds is 2. The largest absolute Gasteiger partial charge is 0.481 e. The average Bonchev–Trinajstić information content (AvgIpc) is 2.15. The molecule has 0 atom stereocenters. The molecule has 0 N–H and O–H groups in total. The van der Waals surface area contributed by atoms with Crippen molar-refractivity contribution in [3.8, 4) is 11.9 Å². The molecule has 0 unspecified atom stereocenters. The van der Waals surface area contributed by atoms with Crippen LogP contribution < -0.4 is 4.74 Å². The van der Waals surface area contributed by atoms with E-state index in [0.29, 0.717) is 0 Å². The van der Waals surface area contributed by atoms with Crippen LogP contribution in [0.2, 0.25) is 5.15 Å². The summed E-state index contributed by atoms with van der Waals surface area (Å²) in [4.78, 5) is 3.53. The summed E-state index contributed by atoms with van der Waals surface area (Å²) in [5.74, 6) is -0.316. The number of methoxy groups -OCH3 is 1. The maximum atomic E-state index is 12.5. The molecule has 1 aromatic rings. The van der Waals surface area contributed by atoms with E-state index in [2.05, 4.69) is 9.72 Å². The number of pyridine rings is 1. The van der Waals surface area contributed by atoms with E-state index in [0.717, 1.165) is 6.07 Å². The van der Waals surface area contributed by atoms with Crippen molar-refractivity contribution in [3.63, 3.8) is 0 Å². The molecule has 3 nitrogen and oxygen atoms in total. The Morgan fingerprint density at radius 3 is 2.71 bits per heavy atom. The first-order valence-electron chi connectivity index (χ1n) is 3.52. The number of alkyl halides is 2. The maximum absolute atomic E-state index is 12.5. The normalized spacial score (nSPS) is 10.0. The predicted molar refractivity (Wildman–Crippen MR) is 45.5 cm³/mol. The van der Waals surface area contributed by atoms with Crippen LogP contribution in [0.3, 0.4) is 0 Å². The first kappa shape index (κ1) is 10.7. The maximum Gasteiger partial charge on any atom is 0.270 e. The summed E-state index contributed by atoms with van der Waals surface area (Å²) < 4.78 is 29.6. The molecule has 0 aliphatic rings. The van der Waals surface area contributed by atoms with E-state index in [-0.39, 0.29) is 16.6 Å². The van der Waals surface area contributed by atoms with Gasteiger partial charge in [0, 0.05) is 0 Å². The van der Waals surface area contributed by atoms with Gasteiger partial charge in [0.05, 0.1) is 24.3 Å². The SMILES string of the molecule is COc1nc(Cl)cc(C#N)c1C(F)F. The number of halogens is 3. The van der Waals surface area contributed by atoms with Gasteiger partial charge in [-0.25, -0.2) is 13.8 Å². The third-order valence-corrected chi connectivity index (χ3v) is 1.72. The smallest absolute Gasteiger partial charge is 0.270 e. The summed E-state index contributed by atoms with van der Waals surface area (Å²) in [6.07, 6.45) is -2.82. The second-order valence-corrected chi connectivity index (χ2v) is 2.72. The van der Waals surface area contributed by atoms with E-state index in [1.165, 1.54) is 7.11 Å². The summed E-state index contributed by atoms with van der Waals surface area (Å²) in [6, 6.07) is 2.68. The van der Waals surface area contributed by atoms with E-state index in [1.54, 1.807) is 6.07 Å². The van der Waals surface area contributed by atoms with Crippen LogP contribution in [0.5, 0.6) is 5.88 Å². The molecule has 0 saturated carbocycles. The molecule has 0 bridgehead atoms. The van der Waals surface area contributed by atoms with Gasteiger partial charge < -0.3 is 4.74 Å². The lowest BCUT2D eigenvalue weighted by Crippen LogP contribution is -1.99. The lowest BCUT2D eigenvalue weighted by atomic mass is 10.1. The van der Waals surface area contributed by atoms with Crippen molar-refractivity contribution in [1.29, 1.82) is 5.26 Å². The molecule has 0 aliphatic carbocycles. The molecule has 0 fully saturated rings. The molecule has 1 aromatic heterocycles. The molecule has 6 heteroatoms. The number of ether oxygens (including phenoxy) is 1. The molecule has 0 saturated heterocycles. The highest BCUT2D eigenvalue weighted by molar-refractivity contribution is 6.29. The predicted octanol–water partition coefficient (Wildman–Crippen LogP) is 2.55. The third-order valence-electron chi connectivity index (χ3n) is 1.52. The summed E-state index contributed by atoms with van der Waals surface area (Å²) in [5.41, 5.74) is -0.753. The molecule has 0 aliphatic heterocycles. The van der Waals surface area contributed by atoms with Crippen molar-refractivity contribution in [2.75, 3.05) is 7.11 Å². The molecule has 0 amide bonds. The Morgan fingerprint density at radius 2 is 2.29 bits per heavy atom. The monoisotopic (exact) mass is 218 g/mol. The number of aromatic nitrogens is 1. The molecule has 1 rings (SSSR count). The zero-order valence-electron chi connectivity index (χ0n) is 7.09. The minimum absolute atomic E-state index is 0.0530. The van der Waals surface area contributed by atoms with Gasteiger partial charge >= 0.3 is 0 Å². The average molecular weight is 219 g/mol. The van der Waals surface area contributed by atoms with Crippen LogP contribution in [0.4, 0.5) is 8.78 Å². The number of nitriles is 1. The molecule has 14 heavy (non-hydrogen) atoms. The van der Waals surface area contributed by atoms with Crippen LogP contribution in [0.1, 0.15) is 17.6 Å². The van der Waals surface area contributed by atoms with Crippen molar-refractivity contribution < 1.29 is 13.5 Å². The zero-order chi connectivity index (χ0) is 10.7. The van der Waals surface area contributed by atoms with Crippen molar-refractivity contribution in [1.82, 2.24) is 4.98 Å². The van der Waals surface area contributed by atoms with Crippen LogP contribution in [0, 0.1) is 11.3 Å². The summed E-state index contributed by atoms with van der Waals surface area (Å²) >= 11 is 5.50. The van der Waals surface area contributed by atoms with Crippen LogP contribution in [-0.2, 0) is 0 Å². The van der Waals surface area contributed by atoms with E-state index < -0.39 is 12.0 Å². The van der Waals surface area contributed by atoms with Gasteiger partial charge in [0.1, 0.15) is 5.15 Å². The Balaban J connectivity index is 3.42. The number of hydrogen-bond donors (Lipinski definition) is 0. The van der Waals surface area contributed by atoms with E-state index in [4.69, 9.17) is 16.9 Å². The van der Waals surface area contributed by atoms with Crippen molar-refractivity contribution in [3.05, 3.63) is 22.3 Å². The van der Waals surface area contributed by atoms with E-state index in [1.807, 2.05) is 0 Å². The van der Waals surface area contributed by atoms with Gasteiger partial charge in [0.15, 0.2) is 0 Å². The van der Waals surface area contributed by atoms with Crippen molar-refractivity contribution in [2.45, 2.75) is 6.43 Å². The Labute approximate surface area is 83.9 Å². The van der Waals surface area contributed by atoms with Crippen molar-refractivity contribution in [2.24, 2.45) is 0 Å². The fraction of sp³-hybridized carbons (Fsp3) is 0.250. The molecular formula is C8H5ClF2N2O. The topological polar surface area (TPSA) is 45.9 Å². The van der Waals surface area contributed by atoms with Gasteiger partial charge in [0.25, 0.3) is 6.43 Å². The highest BCUT2D eigenvalue weighted by Crippen LogP contribution is 2.31. The second-order valence-electron chi connectivity index (χ2n) is 2.33. The molecule has 0 aromatic carbocycles. The fourth-order valence-corrected chi connectivity index (χ4v) is 1.15. The van der Waals surface area contributed by atoms with Crippen LogP contribution in [0.25, 0.3) is 0 Å². The Morgan fingerprint density at radius 1 is 1.64 bits per heavy atom. The molecule has 74 valence electrons. The van der Waals surface area contributed by atoms with Gasteiger partial charge in [-0.2, -0.15) is 5.26 Å². The minimum atomic E-state index is -2.82. The molecular weight excluding hydrogens is 214 g/mol. The quantitative estimate of drug-likeness (QED) is 0.717. The summed E-state index contributed by atoms with van der Waals surface area (Å²) in [7, 11) is 1.19. The summed E-state index contributed by atoms with van der Waals surface area (Å²) in [6.45, 7) is 0. The highest BCUT2D eigenvalue weighted by Gasteiger charge is 2.21. The standard InChI is InChI=1S/C8H5ClF2N2O/c1-14-8-6(7(10)11)4(3-12)2-5(9)13-8/h2,7H,1H3. The lowest BCUT2D eigenvalue weighted by molar-refractivity contribution is 0.145.